The van der Waals surface area contributed by atoms with E-state index in [4.69, 9.17) is 0 Å². The molecule has 0 bridgehead atoms. The first-order chi connectivity index (χ1) is 14.4. The molecule has 0 aliphatic carbocycles. The van der Waals surface area contributed by atoms with E-state index in [1.807, 2.05) is 38.4 Å². The van der Waals surface area contributed by atoms with Crippen molar-refractivity contribution < 1.29 is 15.3 Å². The summed E-state index contributed by atoms with van der Waals surface area (Å²) < 4.78 is 0. The highest BCUT2D eigenvalue weighted by molar-refractivity contribution is 5.47. The average Bonchev–Trinajstić information content (AvgIpc) is 2.76. The van der Waals surface area contributed by atoms with Crippen molar-refractivity contribution in [2.75, 3.05) is 42.6 Å². The third kappa shape index (κ3) is 4.87. The number of rotatable bonds is 8. The largest absolute Gasteiger partial charge is 0.508 e. The Morgan fingerprint density at radius 3 is 1.37 bits per heavy atom. The van der Waals surface area contributed by atoms with Crippen molar-refractivity contribution in [3.63, 3.8) is 0 Å². The van der Waals surface area contributed by atoms with Gasteiger partial charge in [-0.05, 0) is 12.1 Å². The third-order valence-electron chi connectivity index (χ3n) is 4.63. The van der Waals surface area contributed by atoms with Gasteiger partial charge in [0.25, 0.3) is 0 Å². The molecule has 1 aromatic heterocycles. The minimum atomic E-state index is -0.255. The van der Waals surface area contributed by atoms with E-state index in [2.05, 4.69) is 15.0 Å². The Bertz CT molecular complexity index is 928. The number of aliphatic hydroxyl groups is 1. The normalized spacial score (nSPS) is 10.7. The van der Waals surface area contributed by atoms with Crippen molar-refractivity contribution >= 4 is 17.8 Å². The number of benzene rings is 2. The zero-order valence-corrected chi connectivity index (χ0v) is 17.3. The minimum absolute atomic E-state index is 0.197. The van der Waals surface area contributed by atoms with Gasteiger partial charge in [-0.3, -0.25) is 0 Å². The third-order valence-corrected chi connectivity index (χ3v) is 4.63. The fourth-order valence-electron chi connectivity index (χ4n) is 2.86. The van der Waals surface area contributed by atoms with Gasteiger partial charge in [-0.15, -0.1) is 0 Å². The number of para-hydroxylation sites is 2. The van der Waals surface area contributed by atoms with Gasteiger partial charge in [0.2, 0.25) is 17.8 Å². The number of aliphatic hydroxyl groups excluding tert-OH is 1. The number of hydrogen-bond acceptors (Lipinski definition) is 9. The second-order valence-corrected chi connectivity index (χ2v) is 7.04. The lowest BCUT2D eigenvalue weighted by atomic mass is 10.2. The van der Waals surface area contributed by atoms with Gasteiger partial charge in [0.1, 0.15) is 18.2 Å². The van der Waals surface area contributed by atoms with E-state index in [9.17, 15) is 15.3 Å². The van der Waals surface area contributed by atoms with Gasteiger partial charge in [-0.2, -0.15) is 15.0 Å². The van der Waals surface area contributed by atoms with Crippen molar-refractivity contribution in [1.82, 2.24) is 15.0 Å². The molecule has 3 rings (SSSR count). The molecule has 2 aromatic carbocycles. The molecule has 30 heavy (non-hydrogen) atoms. The molecule has 0 unspecified atom stereocenters. The SMILES string of the molecule is CN(CO)c1nc(N(C)Cc2ccccc2O)nc(N(C)Cc2ccccc2O)n1. The van der Waals surface area contributed by atoms with Crippen molar-refractivity contribution in [3.05, 3.63) is 59.7 Å². The number of nitrogens with zero attached hydrogens (tertiary/aromatic N) is 6. The molecule has 0 aliphatic heterocycles. The van der Waals surface area contributed by atoms with Crippen LogP contribution in [-0.2, 0) is 13.1 Å². The van der Waals surface area contributed by atoms with Crippen molar-refractivity contribution in [1.29, 1.82) is 0 Å². The van der Waals surface area contributed by atoms with E-state index in [0.29, 0.717) is 30.9 Å². The molecule has 0 saturated carbocycles. The Hall–Kier alpha value is -3.59. The molecule has 0 atom stereocenters. The summed E-state index contributed by atoms with van der Waals surface area (Å²) in [7, 11) is 5.31. The number of hydrogen-bond donors (Lipinski definition) is 3. The van der Waals surface area contributed by atoms with Crippen LogP contribution in [0.15, 0.2) is 48.5 Å². The molecule has 158 valence electrons. The molecule has 9 nitrogen and oxygen atoms in total. The summed E-state index contributed by atoms with van der Waals surface area (Å²) in [6.45, 7) is 0.526. The Kier molecular flexibility index (Phi) is 6.53. The van der Waals surface area contributed by atoms with Gasteiger partial charge < -0.3 is 30.0 Å². The summed E-state index contributed by atoms with van der Waals surface area (Å²) in [4.78, 5) is 18.5. The summed E-state index contributed by atoms with van der Waals surface area (Å²) in [6.07, 6.45) is 0. The van der Waals surface area contributed by atoms with Crippen LogP contribution < -0.4 is 14.7 Å². The van der Waals surface area contributed by atoms with Crippen LogP contribution in [0.1, 0.15) is 11.1 Å². The maximum atomic E-state index is 10.1. The maximum absolute atomic E-state index is 10.1. The first-order valence-electron chi connectivity index (χ1n) is 9.43. The Morgan fingerprint density at radius 2 is 1.00 bits per heavy atom. The molecule has 0 spiro atoms. The van der Waals surface area contributed by atoms with Crippen LogP contribution >= 0.6 is 0 Å². The first kappa shape index (κ1) is 21.1. The maximum Gasteiger partial charge on any atom is 0.233 e. The van der Waals surface area contributed by atoms with Crippen molar-refractivity contribution in [2.45, 2.75) is 13.1 Å². The summed E-state index contributed by atoms with van der Waals surface area (Å²) in [5.74, 6) is 1.49. The molecule has 0 amide bonds. The van der Waals surface area contributed by atoms with Crippen molar-refractivity contribution in [3.8, 4) is 11.5 Å². The standard InChI is InChI=1S/C21H26N6O3/c1-25(12-15-8-4-6-10-17(15)29)19-22-20(24-21(23-19)27(3)14-28)26(2)13-16-9-5-7-11-18(16)30/h4-11,28-30H,12-14H2,1-3H3. The van der Waals surface area contributed by atoms with Gasteiger partial charge in [-0.1, -0.05) is 36.4 Å². The lowest BCUT2D eigenvalue weighted by Crippen LogP contribution is -2.27. The average molecular weight is 410 g/mol. The number of aromatic nitrogens is 3. The Balaban J connectivity index is 1.91. The molecule has 0 fully saturated rings. The zero-order valence-electron chi connectivity index (χ0n) is 17.3. The van der Waals surface area contributed by atoms with E-state index in [1.165, 1.54) is 4.90 Å². The number of phenols is 2. The van der Waals surface area contributed by atoms with Crippen LogP contribution in [0, 0.1) is 0 Å². The molecule has 0 radical (unpaired) electrons. The lowest BCUT2D eigenvalue weighted by Gasteiger charge is -2.24. The Morgan fingerprint density at radius 1 is 0.633 bits per heavy atom. The fourth-order valence-corrected chi connectivity index (χ4v) is 2.86. The molecular weight excluding hydrogens is 384 g/mol. The van der Waals surface area contributed by atoms with Crippen LogP contribution in [0.2, 0.25) is 0 Å². The van der Waals surface area contributed by atoms with E-state index in [-0.39, 0.29) is 18.2 Å². The monoisotopic (exact) mass is 410 g/mol. The molecule has 1 heterocycles. The van der Waals surface area contributed by atoms with Gasteiger partial charge >= 0.3 is 0 Å². The highest BCUT2D eigenvalue weighted by atomic mass is 16.3. The van der Waals surface area contributed by atoms with Gasteiger partial charge in [0.15, 0.2) is 0 Å². The van der Waals surface area contributed by atoms with Crippen LogP contribution in [0.3, 0.4) is 0 Å². The lowest BCUT2D eigenvalue weighted by molar-refractivity contribution is 0.296. The van der Waals surface area contributed by atoms with E-state index in [0.717, 1.165) is 11.1 Å². The van der Waals surface area contributed by atoms with Crippen LogP contribution in [0.5, 0.6) is 11.5 Å². The van der Waals surface area contributed by atoms with Crippen LogP contribution in [-0.4, -0.2) is 58.1 Å². The predicted molar refractivity (Wildman–Crippen MR) is 116 cm³/mol. The van der Waals surface area contributed by atoms with Crippen LogP contribution in [0.4, 0.5) is 17.8 Å². The molecular formula is C21H26N6O3. The summed E-state index contributed by atoms with van der Waals surface area (Å²) >= 11 is 0. The zero-order chi connectivity index (χ0) is 21.7. The predicted octanol–water partition coefficient (Wildman–Crippen LogP) is 1.94. The first-order valence-corrected chi connectivity index (χ1v) is 9.43. The van der Waals surface area contributed by atoms with Gasteiger partial charge in [0, 0.05) is 45.4 Å². The second kappa shape index (κ2) is 9.27. The summed E-state index contributed by atoms with van der Waals surface area (Å²) in [5.41, 5.74) is 1.48. The van der Waals surface area contributed by atoms with E-state index < -0.39 is 0 Å². The smallest absolute Gasteiger partial charge is 0.233 e. The van der Waals surface area contributed by atoms with Gasteiger partial charge in [-0.25, -0.2) is 0 Å². The summed E-state index contributed by atoms with van der Waals surface area (Å²) in [6, 6.07) is 14.2. The molecule has 3 aromatic rings. The fraction of sp³-hybridized carbons (Fsp3) is 0.286. The topological polar surface area (TPSA) is 109 Å². The highest BCUT2D eigenvalue weighted by Crippen LogP contribution is 2.24. The molecule has 3 N–H and O–H groups in total. The van der Waals surface area contributed by atoms with E-state index in [1.54, 1.807) is 41.1 Å². The van der Waals surface area contributed by atoms with Crippen molar-refractivity contribution in [2.24, 2.45) is 0 Å². The second-order valence-electron chi connectivity index (χ2n) is 7.04. The molecule has 9 heteroatoms. The molecule has 0 saturated heterocycles. The quantitative estimate of drug-likeness (QED) is 0.480. The number of anilines is 3. The van der Waals surface area contributed by atoms with Gasteiger partial charge in [0.05, 0.1) is 0 Å². The number of phenolic OH excluding ortho intramolecular Hbond substituents is 2. The van der Waals surface area contributed by atoms with E-state index >= 15 is 0 Å². The minimum Gasteiger partial charge on any atom is -0.508 e. The summed E-state index contributed by atoms with van der Waals surface area (Å²) in [5, 5.41) is 29.7. The van der Waals surface area contributed by atoms with Crippen LogP contribution in [0.25, 0.3) is 0 Å². The highest BCUT2D eigenvalue weighted by Gasteiger charge is 2.17. The number of aromatic hydroxyl groups is 2. The molecule has 0 aliphatic rings. The Labute approximate surface area is 175 Å².